The van der Waals surface area contributed by atoms with E-state index < -0.39 is 0 Å². The number of amides is 1. The number of nitrogens with zero attached hydrogens (tertiary/aromatic N) is 2. The summed E-state index contributed by atoms with van der Waals surface area (Å²) in [7, 11) is 1.88. The first-order valence-corrected chi connectivity index (χ1v) is 6.94. The topological polar surface area (TPSA) is 43.8 Å². The second-order valence-electron chi connectivity index (χ2n) is 5.61. The molecule has 1 saturated heterocycles. The lowest BCUT2D eigenvalue weighted by atomic mass is 9.97. The molecule has 102 valence electrons. The van der Waals surface area contributed by atoms with Crippen LogP contribution in [0.5, 0.6) is 0 Å². The van der Waals surface area contributed by atoms with Crippen LogP contribution in [0.1, 0.15) is 32.6 Å². The van der Waals surface area contributed by atoms with Gasteiger partial charge in [0, 0.05) is 25.8 Å². The smallest absolute Gasteiger partial charge is 0.240 e. The molecule has 2 atom stereocenters. The molecule has 2 aliphatic rings. The van der Waals surface area contributed by atoms with Gasteiger partial charge in [0.05, 0.1) is 12.6 Å². The minimum atomic E-state index is -0.202. The fraction of sp³-hybridized carbons (Fsp3) is 0.786. The maximum Gasteiger partial charge on any atom is 0.240 e. The van der Waals surface area contributed by atoms with Crippen molar-refractivity contribution in [1.29, 1.82) is 0 Å². The lowest BCUT2D eigenvalue weighted by molar-refractivity contribution is -0.130. The Balaban J connectivity index is 1.83. The van der Waals surface area contributed by atoms with Crippen molar-refractivity contribution in [1.82, 2.24) is 9.80 Å². The van der Waals surface area contributed by atoms with Gasteiger partial charge in [-0.25, -0.2) is 0 Å². The molecule has 0 bridgehead atoms. The average molecular weight is 252 g/mol. The highest BCUT2D eigenvalue weighted by Gasteiger charge is 2.26. The SMILES string of the molecule is CC1CN(CC(=O)N(C)C2=CCCC2)CCC1O. The first-order valence-electron chi connectivity index (χ1n) is 6.94. The number of carbonyl (C=O) groups excluding carboxylic acids is 1. The van der Waals surface area contributed by atoms with Gasteiger partial charge in [0.1, 0.15) is 0 Å². The van der Waals surface area contributed by atoms with Crippen LogP contribution in [-0.2, 0) is 4.79 Å². The van der Waals surface area contributed by atoms with Crippen molar-refractivity contribution < 1.29 is 9.90 Å². The van der Waals surface area contributed by atoms with Gasteiger partial charge >= 0.3 is 0 Å². The second kappa shape index (κ2) is 5.85. The van der Waals surface area contributed by atoms with E-state index >= 15 is 0 Å². The van der Waals surface area contributed by atoms with Gasteiger partial charge in [0.25, 0.3) is 0 Å². The van der Waals surface area contributed by atoms with E-state index in [1.807, 2.05) is 18.9 Å². The van der Waals surface area contributed by atoms with E-state index in [0.717, 1.165) is 32.4 Å². The molecule has 0 aromatic carbocycles. The molecule has 1 aliphatic carbocycles. The Morgan fingerprint density at radius 3 is 3.00 bits per heavy atom. The molecule has 2 rings (SSSR count). The van der Waals surface area contributed by atoms with Gasteiger partial charge < -0.3 is 10.0 Å². The van der Waals surface area contributed by atoms with Crippen LogP contribution in [0.4, 0.5) is 0 Å². The Labute approximate surface area is 109 Å². The third-order valence-corrected chi connectivity index (χ3v) is 4.12. The molecule has 4 heteroatoms. The standard InChI is InChI=1S/C14H24N2O2/c1-11-9-16(8-7-13(11)17)10-14(18)15(2)12-5-3-4-6-12/h5,11,13,17H,3-4,6-10H2,1-2H3. The summed E-state index contributed by atoms with van der Waals surface area (Å²) in [6.07, 6.45) is 6.03. The van der Waals surface area contributed by atoms with Gasteiger partial charge in [0.15, 0.2) is 0 Å². The van der Waals surface area contributed by atoms with E-state index in [0.29, 0.717) is 6.54 Å². The fourth-order valence-electron chi connectivity index (χ4n) is 2.78. The Morgan fingerprint density at radius 1 is 1.61 bits per heavy atom. The first kappa shape index (κ1) is 13.6. The van der Waals surface area contributed by atoms with Crippen LogP contribution in [0.2, 0.25) is 0 Å². The lowest BCUT2D eigenvalue weighted by Crippen LogP contribution is -2.46. The van der Waals surface area contributed by atoms with Gasteiger partial charge in [-0.2, -0.15) is 0 Å². The number of hydrogen-bond donors (Lipinski definition) is 1. The van der Waals surface area contributed by atoms with E-state index in [-0.39, 0.29) is 17.9 Å². The average Bonchev–Trinajstić information content (AvgIpc) is 2.86. The maximum absolute atomic E-state index is 12.2. The highest BCUT2D eigenvalue weighted by Crippen LogP contribution is 2.21. The zero-order valence-electron chi connectivity index (χ0n) is 11.4. The second-order valence-corrected chi connectivity index (χ2v) is 5.61. The first-order chi connectivity index (χ1) is 8.58. The van der Waals surface area contributed by atoms with E-state index in [9.17, 15) is 9.90 Å². The van der Waals surface area contributed by atoms with Crippen molar-refractivity contribution in [2.24, 2.45) is 5.92 Å². The van der Waals surface area contributed by atoms with Gasteiger partial charge in [-0.3, -0.25) is 9.69 Å². The minimum absolute atomic E-state index is 0.173. The summed E-state index contributed by atoms with van der Waals surface area (Å²) in [4.78, 5) is 16.1. The summed E-state index contributed by atoms with van der Waals surface area (Å²) in [5.41, 5.74) is 1.17. The number of hydrogen-bond acceptors (Lipinski definition) is 3. The number of aliphatic hydroxyl groups is 1. The minimum Gasteiger partial charge on any atom is -0.393 e. The van der Waals surface area contributed by atoms with Gasteiger partial charge in [-0.05, 0) is 31.6 Å². The van der Waals surface area contributed by atoms with Crippen molar-refractivity contribution in [3.05, 3.63) is 11.8 Å². The highest BCUT2D eigenvalue weighted by atomic mass is 16.3. The Hall–Kier alpha value is -0.870. The third-order valence-electron chi connectivity index (χ3n) is 4.12. The van der Waals surface area contributed by atoms with Crippen LogP contribution in [-0.4, -0.2) is 53.6 Å². The maximum atomic E-state index is 12.2. The number of likely N-dealkylation sites (tertiary alicyclic amines) is 1. The largest absolute Gasteiger partial charge is 0.393 e. The molecule has 1 heterocycles. The number of aliphatic hydroxyl groups excluding tert-OH is 1. The summed E-state index contributed by atoms with van der Waals surface area (Å²) in [5, 5.41) is 9.68. The lowest BCUT2D eigenvalue weighted by Gasteiger charge is -2.34. The van der Waals surface area contributed by atoms with Crippen molar-refractivity contribution in [3.63, 3.8) is 0 Å². The van der Waals surface area contributed by atoms with Crippen molar-refractivity contribution in [3.8, 4) is 0 Å². The Kier molecular flexibility index (Phi) is 4.40. The molecule has 4 nitrogen and oxygen atoms in total. The third kappa shape index (κ3) is 3.12. The number of rotatable bonds is 3. The molecular formula is C14H24N2O2. The molecular weight excluding hydrogens is 228 g/mol. The highest BCUT2D eigenvalue weighted by molar-refractivity contribution is 5.79. The van der Waals surface area contributed by atoms with E-state index in [1.165, 1.54) is 12.1 Å². The molecule has 1 amide bonds. The van der Waals surface area contributed by atoms with Crippen LogP contribution in [0.3, 0.4) is 0 Å². The van der Waals surface area contributed by atoms with Gasteiger partial charge in [-0.1, -0.05) is 13.0 Å². The predicted molar refractivity (Wildman–Crippen MR) is 70.9 cm³/mol. The number of allylic oxidation sites excluding steroid dienone is 2. The van der Waals surface area contributed by atoms with Crippen LogP contribution < -0.4 is 0 Å². The molecule has 1 fully saturated rings. The van der Waals surface area contributed by atoms with Crippen molar-refractivity contribution in [2.45, 2.75) is 38.7 Å². The summed E-state index contributed by atoms with van der Waals surface area (Å²) in [6.45, 7) is 4.17. The van der Waals surface area contributed by atoms with Crippen molar-refractivity contribution in [2.75, 3.05) is 26.7 Å². The van der Waals surface area contributed by atoms with Crippen molar-refractivity contribution >= 4 is 5.91 Å². The molecule has 1 aliphatic heterocycles. The molecule has 0 aromatic rings. The number of carbonyl (C=O) groups is 1. The monoisotopic (exact) mass is 252 g/mol. The molecule has 0 saturated carbocycles. The van der Waals surface area contributed by atoms with E-state index in [1.54, 1.807) is 0 Å². The predicted octanol–water partition coefficient (Wildman–Crippen LogP) is 1.22. The normalized spacial score (nSPS) is 29.2. The Morgan fingerprint density at radius 2 is 2.39 bits per heavy atom. The quantitative estimate of drug-likeness (QED) is 0.821. The van der Waals surface area contributed by atoms with E-state index in [2.05, 4.69) is 11.0 Å². The molecule has 0 radical (unpaired) electrons. The number of piperidine rings is 1. The summed E-state index contributed by atoms with van der Waals surface area (Å²) < 4.78 is 0. The van der Waals surface area contributed by atoms with Crippen LogP contribution >= 0.6 is 0 Å². The molecule has 0 aromatic heterocycles. The summed E-state index contributed by atoms with van der Waals surface area (Å²) in [6, 6.07) is 0. The van der Waals surface area contributed by atoms with Crippen LogP contribution in [0, 0.1) is 5.92 Å². The molecule has 18 heavy (non-hydrogen) atoms. The molecule has 2 unspecified atom stereocenters. The van der Waals surface area contributed by atoms with Gasteiger partial charge in [0.2, 0.25) is 5.91 Å². The summed E-state index contributed by atoms with van der Waals surface area (Å²) in [5.74, 6) is 0.439. The Bertz CT molecular complexity index is 341. The van der Waals surface area contributed by atoms with Crippen LogP contribution in [0.15, 0.2) is 11.8 Å². The summed E-state index contributed by atoms with van der Waals surface area (Å²) >= 11 is 0. The fourth-order valence-corrected chi connectivity index (χ4v) is 2.78. The number of likely N-dealkylation sites (N-methyl/N-ethyl adjacent to an activating group) is 1. The molecule has 0 spiro atoms. The van der Waals surface area contributed by atoms with E-state index in [4.69, 9.17) is 0 Å². The van der Waals surface area contributed by atoms with Gasteiger partial charge in [-0.15, -0.1) is 0 Å². The molecule has 1 N–H and O–H groups in total. The van der Waals surface area contributed by atoms with Crippen LogP contribution in [0.25, 0.3) is 0 Å². The zero-order valence-corrected chi connectivity index (χ0v) is 11.4. The zero-order chi connectivity index (χ0) is 13.1.